The molecule has 0 bridgehead atoms. The summed E-state index contributed by atoms with van der Waals surface area (Å²) >= 11 is 0. The first-order valence-electron chi connectivity index (χ1n) is 19.4. The van der Waals surface area contributed by atoms with Gasteiger partial charge in [-0.05, 0) is 84.8 Å². The van der Waals surface area contributed by atoms with Crippen LogP contribution in [0, 0.1) is 12.3 Å². The average molecular weight is 766 g/mol. The monoisotopic (exact) mass is 765 g/mol. The van der Waals surface area contributed by atoms with Gasteiger partial charge in [0.25, 0.3) is 0 Å². The minimum absolute atomic E-state index is 0.0366. The van der Waals surface area contributed by atoms with E-state index in [1.165, 1.54) is 16.3 Å². The van der Waals surface area contributed by atoms with Crippen molar-refractivity contribution in [1.82, 2.24) is 0 Å². The number of amidine groups is 2. The molecule has 0 aliphatic rings. The van der Waals surface area contributed by atoms with Crippen LogP contribution >= 0.6 is 0 Å². The molecular weight excluding hydrogens is 727 g/mol. The highest BCUT2D eigenvalue weighted by Crippen LogP contribution is 2.39. The fourth-order valence-corrected chi connectivity index (χ4v) is 7.77. The lowest BCUT2D eigenvalue weighted by atomic mass is 9.97. The molecule has 0 saturated heterocycles. The number of hydrogen-bond acceptors (Lipinski definition) is 4. The Balaban J connectivity index is 0.000000268. The van der Waals surface area contributed by atoms with Gasteiger partial charge in [0.05, 0.1) is 0 Å². The molecule has 0 saturated carbocycles. The van der Waals surface area contributed by atoms with Crippen molar-refractivity contribution < 1.29 is 13.3 Å². The number of aryl methyl sites for hydroxylation is 1. The molecule has 0 atom stereocenters. The summed E-state index contributed by atoms with van der Waals surface area (Å²) in [5.41, 5.74) is 11.6. The molecule has 6 nitrogen and oxygen atoms in total. The summed E-state index contributed by atoms with van der Waals surface area (Å²) in [6.07, 6.45) is 3.74. The van der Waals surface area contributed by atoms with Gasteiger partial charge < -0.3 is 13.3 Å². The van der Waals surface area contributed by atoms with Crippen molar-refractivity contribution in [3.63, 3.8) is 0 Å². The van der Waals surface area contributed by atoms with E-state index in [1.807, 2.05) is 104 Å². The Morgan fingerprint density at radius 1 is 0.593 bits per heavy atom. The second-order valence-electron chi connectivity index (χ2n) is 14.2. The lowest BCUT2D eigenvalue weighted by molar-refractivity contribution is 0.577. The van der Waals surface area contributed by atoms with E-state index in [2.05, 4.69) is 103 Å². The van der Waals surface area contributed by atoms with Gasteiger partial charge in [-0.25, -0.2) is 9.98 Å². The molecule has 284 valence electrons. The van der Waals surface area contributed by atoms with Crippen LogP contribution in [0.3, 0.4) is 0 Å². The number of fused-ring (bicyclic) bond motifs is 7. The summed E-state index contributed by atoms with van der Waals surface area (Å²) in [7, 11) is 0. The van der Waals surface area contributed by atoms with E-state index in [0.717, 1.165) is 66.3 Å². The standard InChI is InChI=1S/C40H29N3O2.C13H10O/c1-4-12-32(39(41)43-40(42-3)27-15-9-6-10-16-27)37-25(2)44-34-22-20-29(23-33(34)37)30-17-11-18-35-38(30)31-21-19-28(24-36(31)45-35)26-13-7-5-8-14-26;1-9-5-4-7-11-10-6-2-3-8-12(10)14-13(9)11/h4-24,41H,2-3H2,1H3;2-8H,1H3/b12-4-,37-32-,41-39?,43-40?;. The molecule has 7 aromatic carbocycles. The fourth-order valence-electron chi connectivity index (χ4n) is 7.77. The minimum Gasteiger partial charge on any atom is -0.457 e. The van der Waals surface area contributed by atoms with Gasteiger partial charge in [-0.1, -0.05) is 140 Å². The minimum atomic E-state index is 0.0366. The van der Waals surface area contributed by atoms with Crippen molar-refractivity contribution in [3.8, 4) is 22.3 Å². The van der Waals surface area contributed by atoms with Crippen molar-refractivity contribution in [2.45, 2.75) is 13.8 Å². The van der Waals surface area contributed by atoms with Crippen molar-refractivity contribution >= 4 is 85.4 Å². The normalized spacial score (nSPS) is 12.4. The number of nitrogens with zero attached hydrogens (tertiary/aromatic N) is 2. The molecule has 0 unspecified atom stereocenters. The summed E-state index contributed by atoms with van der Waals surface area (Å²) in [5, 5.41) is 15.1. The van der Waals surface area contributed by atoms with Crippen LogP contribution in [0.4, 0.5) is 0 Å². The summed E-state index contributed by atoms with van der Waals surface area (Å²) in [6.45, 7) is 11.9. The van der Waals surface area contributed by atoms with Crippen molar-refractivity contribution in [3.05, 3.63) is 192 Å². The van der Waals surface area contributed by atoms with Gasteiger partial charge in [0.15, 0.2) is 11.7 Å². The third-order valence-corrected chi connectivity index (χ3v) is 10.5. The molecular formula is C53H39N3O3. The molecule has 3 aromatic heterocycles. The maximum atomic E-state index is 9.01. The van der Waals surface area contributed by atoms with Gasteiger partial charge in [0.1, 0.15) is 33.3 Å². The highest BCUT2D eigenvalue weighted by Gasteiger charge is 2.17. The maximum absolute atomic E-state index is 9.01. The van der Waals surface area contributed by atoms with Crippen LogP contribution in [0.15, 0.2) is 193 Å². The zero-order valence-corrected chi connectivity index (χ0v) is 32.7. The molecule has 0 aliphatic heterocycles. The van der Waals surface area contributed by atoms with Gasteiger partial charge in [0.2, 0.25) is 0 Å². The fraction of sp³-hybridized carbons (Fsp3) is 0.0377. The van der Waals surface area contributed by atoms with E-state index < -0.39 is 0 Å². The average Bonchev–Trinajstić information content (AvgIpc) is 3.96. The molecule has 6 heteroatoms. The van der Waals surface area contributed by atoms with E-state index in [1.54, 1.807) is 0 Å². The highest BCUT2D eigenvalue weighted by atomic mass is 16.3. The van der Waals surface area contributed by atoms with E-state index >= 15 is 0 Å². The number of para-hydroxylation sites is 2. The van der Waals surface area contributed by atoms with Crippen LogP contribution in [-0.4, -0.2) is 18.4 Å². The van der Waals surface area contributed by atoms with E-state index in [-0.39, 0.29) is 5.84 Å². The summed E-state index contributed by atoms with van der Waals surface area (Å²) in [4.78, 5) is 8.67. The van der Waals surface area contributed by atoms with E-state index in [0.29, 0.717) is 27.6 Å². The molecule has 0 radical (unpaired) electrons. The number of rotatable bonds is 5. The van der Waals surface area contributed by atoms with Crippen molar-refractivity contribution in [2.24, 2.45) is 9.98 Å². The lowest BCUT2D eigenvalue weighted by Gasteiger charge is -2.06. The van der Waals surface area contributed by atoms with Crippen LogP contribution < -0.4 is 10.6 Å². The van der Waals surface area contributed by atoms with Gasteiger partial charge >= 0.3 is 0 Å². The lowest BCUT2D eigenvalue weighted by Crippen LogP contribution is -2.24. The number of nitrogens with one attached hydrogen (secondary N) is 1. The number of furan rings is 3. The smallest absolute Gasteiger partial charge is 0.161 e. The van der Waals surface area contributed by atoms with E-state index in [4.69, 9.17) is 18.7 Å². The first-order chi connectivity index (χ1) is 28.9. The Hall–Kier alpha value is -7.83. The molecule has 10 rings (SSSR count). The Bertz CT molecular complexity index is 3400. The van der Waals surface area contributed by atoms with Crippen LogP contribution in [0.5, 0.6) is 0 Å². The third-order valence-electron chi connectivity index (χ3n) is 10.5. The van der Waals surface area contributed by atoms with Crippen LogP contribution in [-0.2, 0) is 0 Å². The maximum Gasteiger partial charge on any atom is 0.161 e. The largest absolute Gasteiger partial charge is 0.457 e. The van der Waals surface area contributed by atoms with Gasteiger partial charge in [-0.2, -0.15) is 0 Å². The highest BCUT2D eigenvalue weighted by molar-refractivity contribution is 6.25. The topological polar surface area (TPSA) is 88.0 Å². The molecule has 10 aromatic rings. The second-order valence-corrected chi connectivity index (χ2v) is 14.2. The van der Waals surface area contributed by atoms with Crippen LogP contribution in [0.25, 0.3) is 89.3 Å². The molecule has 59 heavy (non-hydrogen) atoms. The zero-order valence-electron chi connectivity index (χ0n) is 32.7. The quantitative estimate of drug-likeness (QED) is 0.140. The molecule has 1 N–H and O–H groups in total. The van der Waals surface area contributed by atoms with Crippen molar-refractivity contribution in [1.29, 1.82) is 5.41 Å². The Morgan fingerprint density at radius 3 is 2.08 bits per heavy atom. The first-order valence-corrected chi connectivity index (χ1v) is 19.4. The van der Waals surface area contributed by atoms with Crippen molar-refractivity contribution in [2.75, 3.05) is 0 Å². The van der Waals surface area contributed by atoms with Gasteiger partial charge in [0, 0.05) is 43.3 Å². The number of allylic oxidation sites excluding steroid dienone is 1. The second kappa shape index (κ2) is 15.6. The predicted molar refractivity (Wildman–Crippen MR) is 246 cm³/mol. The van der Waals surface area contributed by atoms with Crippen LogP contribution in [0.2, 0.25) is 0 Å². The predicted octanol–water partition coefficient (Wildman–Crippen LogP) is 12.8. The summed E-state index contributed by atoms with van der Waals surface area (Å²) < 4.78 is 18.3. The first kappa shape index (κ1) is 36.8. The zero-order chi connectivity index (χ0) is 40.5. The molecule has 0 spiro atoms. The summed E-state index contributed by atoms with van der Waals surface area (Å²) in [6, 6.07) is 52.8. The number of aliphatic imine (C=N–C) groups is 2. The van der Waals surface area contributed by atoms with Gasteiger partial charge in [-0.3, -0.25) is 5.41 Å². The van der Waals surface area contributed by atoms with Gasteiger partial charge in [-0.15, -0.1) is 0 Å². The molecule has 0 fully saturated rings. The Morgan fingerprint density at radius 2 is 1.29 bits per heavy atom. The Labute approximate surface area is 340 Å². The summed E-state index contributed by atoms with van der Waals surface area (Å²) in [5.74, 6) is 0.408. The third kappa shape index (κ3) is 6.87. The number of hydrogen-bond donors (Lipinski definition) is 1. The van der Waals surface area contributed by atoms with Crippen LogP contribution in [0.1, 0.15) is 18.1 Å². The molecule has 0 amide bonds. The molecule has 0 aliphatic carbocycles. The SMILES string of the molecule is C=NC(=NC(=N)C(/C=C\C)=c1/c(=C)oc2ccc(-c3cccc4oc5cc(-c6ccccc6)ccc5c34)cc12)c1ccccc1.Cc1cccc2c1oc1ccccc12. The molecule has 3 heterocycles. The Kier molecular flexibility index (Phi) is 9.73. The van der Waals surface area contributed by atoms with E-state index in [9.17, 15) is 0 Å². The number of benzene rings is 7.